The molecule has 12 heavy (non-hydrogen) atoms. The van der Waals surface area contributed by atoms with Crippen molar-refractivity contribution in [1.29, 1.82) is 0 Å². The molecule has 0 fully saturated rings. The topological polar surface area (TPSA) is 20.2 Å². The van der Waals surface area contributed by atoms with Gasteiger partial charge in [0.1, 0.15) is 8.07 Å². The first-order valence-corrected chi connectivity index (χ1v) is 8.14. The molecule has 2 heteroatoms. The lowest BCUT2D eigenvalue weighted by Crippen LogP contribution is -2.16. The Labute approximate surface area is 77.2 Å². The number of rotatable bonds is 3. The number of hydrogen-bond donors (Lipinski definition) is 1. The molecule has 0 aliphatic carbocycles. The van der Waals surface area contributed by atoms with Gasteiger partial charge in [0.25, 0.3) is 0 Å². The van der Waals surface area contributed by atoms with Crippen LogP contribution in [0.1, 0.15) is 26.2 Å². The van der Waals surface area contributed by atoms with Crippen molar-refractivity contribution in [3.63, 3.8) is 0 Å². The highest BCUT2D eigenvalue weighted by molar-refractivity contribution is 6.83. The van der Waals surface area contributed by atoms with Gasteiger partial charge >= 0.3 is 0 Å². The summed E-state index contributed by atoms with van der Waals surface area (Å²) >= 11 is 0. The normalized spacial score (nSPS) is 13.4. The Bertz CT molecular complexity index is 171. The summed E-state index contributed by atoms with van der Waals surface area (Å²) in [5.74, 6) is 3.07. The van der Waals surface area contributed by atoms with Crippen molar-refractivity contribution < 1.29 is 5.11 Å². The van der Waals surface area contributed by atoms with Crippen LogP contribution >= 0.6 is 0 Å². The highest BCUT2D eigenvalue weighted by atomic mass is 28.3. The van der Waals surface area contributed by atoms with E-state index >= 15 is 0 Å². The summed E-state index contributed by atoms with van der Waals surface area (Å²) in [6.07, 6.45) is 2.35. The predicted octanol–water partition coefficient (Wildman–Crippen LogP) is 2.42. The van der Waals surface area contributed by atoms with Crippen molar-refractivity contribution in [3.8, 4) is 11.5 Å². The number of aliphatic hydroxyl groups excluding tert-OH is 1. The molecule has 0 saturated carbocycles. The fraction of sp³-hybridized carbons (Fsp3) is 0.800. The zero-order chi connectivity index (χ0) is 9.61. The second-order valence-corrected chi connectivity index (χ2v) is 8.95. The number of hydrogen-bond acceptors (Lipinski definition) is 1. The maximum Gasteiger partial charge on any atom is 0.129 e. The maximum atomic E-state index is 9.36. The van der Waals surface area contributed by atoms with E-state index in [9.17, 15) is 5.11 Å². The molecule has 0 aromatic rings. The van der Waals surface area contributed by atoms with Crippen LogP contribution in [-0.2, 0) is 0 Å². The van der Waals surface area contributed by atoms with Crippen LogP contribution in [0.4, 0.5) is 0 Å². The van der Waals surface area contributed by atoms with E-state index in [2.05, 4.69) is 38.0 Å². The average molecular weight is 184 g/mol. The summed E-state index contributed by atoms with van der Waals surface area (Å²) in [6, 6.07) is 0. The summed E-state index contributed by atoms with van der Waals surface area (Å²) in [6.45, 7) is 8.72. The minimum Gasteiger partial charge on any atom is -0.392 e. The fourth-order valence-electron chi connectivity index (χ4n) is 0.869. The smallest absolute Gasteiger partial charge is 0.129 e. The first-order valence-electron chi connectivity index (χ1n) is 4.64. The standard InChI is InChI=1S/C10H20OSi/c1-5-7-10(11)8-6-9-12(2,3)4/h10-11H,5,7-8H2,1-4H3. The van der Waals surface area contributed by atoms with Crippen LogP contribution < -0.4 is 0 Å². The SMILES string of the molecule is CCCC(O)CC#C[Si](C)(C)C. The summed E-state index contributed by atoms with van der Waals surface area (Å²) in [5, 5.41) is 9.36. The zero-order valence-electron chi connectivity index (χ0n) is 8.65. The van der Waals surface area contributed by atoms with Crippen LogP contribution in [0.3, 0.4) is 0 Å². The molecule has 0 heterocycles. The van der Waals surface area contributed by atoms with E-state index in [1.165, 1.54) is 0 Å². The molecule has 1 atom stereocenters. The van der Waals surface area contributed by atoms with Crippen LogP contribution in [0, 0.1) is 11.5 Å². The summed E-state index contributed by atoms with van der Waals surface area (Å²) in [7, 11) is -1.22. The van der Waals surface area contributed by atoms with Gasteiger partial charge in [0.05, 0.1) is 6.10 Å². The molecule has 0 spiro atoms. The lowest BCUT2D eigenvalue weighted by Gasteiger charge is -2.05. The van der Waals surface area contributed by atoms with Crippen molar-refractivity contribution in [2.75, 3.05) is 0 Å². The molecular weight excluding hydrogens is 164 g/mol. The van der Waals surface area contributed by atoms with Gasteiger partial charge in [0, 0.05) is 6.42 Å². The molecule has 1 unspecified atom stereocenters. The van der Waals surface area contributed by atoms with Crippen LogP contribution in [0.15, 0.2) is 0 Å². The van der Waals surface area contributed by atoms with Crippen molar-refractivity contribution >= 4 is 8.07 Å². The Morgan fingerprint density at radius 3 is 2.33 bits per heavy atom. The van der Waals surface area contributed by atoms with E-state index in [1.807, 2.05) is 0 Å². The molecule has 0 saturated heterocycles. The molecule has 0 aromatic carbocycles. The third-order valence-corrected chi connectivity index (χ3v) is 2.35. The quantitative estimate of drug-likeness (QED) is 0.527. The van der Waals surface area contributed by atoms with Crippen molar-refractivity contribution in [2.24, 2.45) is 0 Å². The first kappa shape index (κ1) is 11.7. The van der Waals surface area contributed by atoms with E-state index in [-0.39, 0.29) is 6.10 Å². The first-order chi connectivity index (χ1) is 5.45. The van der Waals surface area contributed by atoms with Crippen molar-refractivity contribution in [1.82, 2.24) is 0 Å². The largest absolute Gasteiger partial charge is 0.392 e. The van der Waals surface area contributed by atoms with Crippen molar-refractivity contribution in [3.05, 3.63) is 0 Å². The van der Waals surface area contributed by atoms with E-state index < -0.39 is 8.07 Å². The average Bonchev–Trinajstić information content (AvgIpc) is 1.84. The van der Waals surface area contributed by atoms with Gasteiger partial charge in [-0.05, 0) is 6.42 Å². The van der Waals surface area contributed by atoms with Crippen LogP contribution in [0.25, 0.3) is 0 Å². The van der Waals surface area contributed by atoms with Gasteiger partial charge in [-0.1, -0.05) is 33.0 Å². The van der Waals surface area contributed by atoms with Crippen molar-refractivity contribution in [2.45, 2.75) is 51.9 Å². The van der Waals surface area contributed by atoms with E-state index in [1.54, 1.807) is 0 Å². The Morgan fingerprint density at radius 1 is 1.33 bits per heavy atom. The van der Waals surface area contributed by atoms with Gasteiger partial charge in [0.15, 0.2) is 0 Å². The van der Waals surface area contributed by atoms with Gasteiger partial charge in [0.2, 0.25) is 0 Å². The van der Waals surface area contributed by atoms with Crippen LogP contribution in [-0.4, -0.2) is 19.3 Å². The lowest BCUT2D eigenvalue weighted by molar-refractivity contribution is 0.169. The highest BCUT2D eigenvalue weighted by Crippen LogP contribution is 2.01. The predicted molar refractivity (Wildman–Crippen MR) is 56.7 cm³/mol. The molecule has 0 aliphatic heterocycles. The van der Waals surface area contributed by atoms with Crippen LogP contribution in [0.5, 0.6) is 0 Å². The Balaban J connectivity index is 3.71. The lowest BCUT2D eigenvalue weighted by atomic mass is 10.1. The third kappa shape index (κ3) is 7.84. The van der Waals surface area contributed by atoms with Crippen LogP contribution in [0.2, 0.25) is 19.6 Å². The third-order valence-electron chi connectivity index (χ3n) is 1.42. The second kappa shape index (κ2) is 5.39. The minimum absolute atomic E-state index is 0.209. The fourth-order valence-corrected chi connectivity index (χ4v) is 1.50. The highest BCUT2D eigenvalue weighted by Gasteiger charge is 2.07. The Kier molecular flexibility index (Phi) is 5.28. The molecule has 1 nitrogen and oxygen atoms in total. The van der Waals surface area contributed by atoms with E-state index in [0.717, 1.165) is 12.8 Å². The van der Waals surface area contributed by atoms with Gasteiger partial charge in [-0.25, -0.2) is 0 Å². The molecule has 0 aliphatic rings. The molecule has 1 N–H and O–H groups in total. The molecule has 0 aromatic heterocycles. The monoisotopic (exact) mass is 184 g/mol. The Hall–Kier alpha value is -0.263. The van der Waals surface area contributed by atoms with E-state index in [4.69, 9.17) is 0 Å². The zero-order valence-corrected chi connectivity index (χ0v) is 9.65. The van der Waals surface area contributed by atoms with Gasteiger partial charge in [-0.3, -0.25) is 0 Å². The second-order valence-electron chi connectivity index (χ2n) is 4.20. The molecule has 0 rings (SSSR count). The molecule has 0 radical (unpaired) electrons. The van der Waals surface area contributed by atoms with Gasteiger partial charge < -0.3 is 5.11 Å². The summed E-state index contributed by atoms with van der Waals surface area (Å²) in [5.41, 5.74) is 3.24. The van der Waals surface area contributed by atoms with Gasteiger partial charge in [-0.2, -0.15) is 0 Å². The molecule has 0 amide bonds. The Morgan fingerprint density at radius 2 is 1.92 bits per heavy atom. The van der Waals surface area contributed by atoms with Gasteiger partial charge in [-0.15, -0.1) is 11.5 Å². The van der Waals surface area contributed by atoms with E-state index in [0.29, 0.717) is 6.42 Å². The maximum absolute atomic E-state index is 9.36. The minimum atomic E-state index is -1.22. The molecular formula is C10H20OSi. The summed E-state index contributed by atoms with van der Waals surface area (Å²) < 4.78 is 0. The number of aliphatic hydroxyl groups is 1. The molecule has 0 bridgehead atoms. The summed E-state index contributed by atoms with van der Waals surface area (Å²) in [4.78, 5) is 0. The molecule has 70 valence electrons.